The first-order chi connectivity index (χ1) is 15.6. The van der Waals surface area contributed by atoms with Crippen molar-refractivity contribution in [3.63, 3.8) is 0 Å². The number of primary amides is 1. The third-order valence-electron chi connectivity index (χ3n) is 4.74. The van der Waals surface area contributed by atoms with Crippen LogP contribution < -0.4 is 5.73 Å². The quantitative estimate of drug-likeness (QED) is 0.270. The number of carbonyl (C=O) groups is 1. The smallest absolute Gasteiger partial charge is 0.364 e. The average Bonchev–Trinajstić information content (AvgIpc) is 3.14. The number of benzene rings is 2. The first-order valence-corrected chi connectivity index (χ1v) is 9.99. The summed E-state index contributed by atoms with van der Waals surface area (Å²) in [6, 6.07) is 10.6. The molecule has 0 unspecified atom stereocenters. The van der Waals surface area contributed by atoms with E-state index in [0.29, 0.717) is 22.3 Å². The molecule has 0 saturated carbocycles. The van der Waals surface area contributed by atoms with Gasteiger partial charge in [-0.1, -0.05) is 35.3 Å². The van der Waals surface area contributed by atoms with Crippen LogP contribution in [0.2, 0.25) is 10.0 Å². The predicted octanol–water partition coefficient (Wildman–Crippen LogP) is 6.21. The molecule has 2 heterocycles. The molecule has 0 aliphatic heterocycles. The second kappa shape index (κ2) is 8.49. The first kappa shape index (κ1) is 22.8. The van der Waals surface area contributed by atoms with Crippen molar-refractivity contribution in [2.75, 3.05) is 0 Å². The van der Waals surface area contributed by atoms with E-state index in [9.17, 15) is 22.4 Å². The van der Waals surface area contributed by atoms with Gasteiger partial charge in [0, 0.05) is 22.2 Å². The standard InChI is InChI=1S/C22H12Cl2F4N4O/c23-15-10-16(24)18(9-12(15)8-17(25)20(29)33)32-21-14(2-1-7-30-21)19(31-32)11-3-5-13(6-4-11)22(26,27)28/h1-10H,(H2,29,33). The van der Waals surface area contributed by atoms with E-state index in [0.717, 1.165) is 18.2 Å². The molecule has 0 aliphatic carbocycles. The highest BCUT2D eigenvalue weighted by Gasteiger charge is 2.30. The largest absolute Gasteiger partial charge is 0.416 e. The number of halogens is 6. The van der Waals surface area contributed by atoms with E-state index >= 15 is 0 Å². The van der Waals surface area contributed by atoms with Gasteiger partial charge in [-0.15, -0.1) is 0 Å². The number of pyridine rings is 1. The molecule has 5 nitrogen and oxygen atoms in total. The molecule has 11 heteroatoms. The summed E-state index contributed by atoms with van der Waals surface area (Å²) in [5.41, 5.74) is 5.65. The Bertz CT molecular complexity index is 1410. The number of alkyl halides is 3. The molecule has 0 fully saturated rings. The van der Waals surface area contributed by atoms with Gasteiger partial charge in [0.2, 0.25) is 0 Å². The number of rotatable bonds is 4. The topological polar surface area (TPSA) is 73.8 Å². The van der Waals surface area contributed by atoms with Crippen LogP contribution in [0.25, 0.3) is 34.1 Å². The lowest BCUT2D eigenvalue weighted by Gasteiger charge is -2.09. The van der Waals surface area contributed by atoms with Crippen molar-refractivity contribution < 1.29 is 22.4 Å². The van der Waals surface area contributed by atoms with Gasteiger partial charge in [-0.2, -0.15) is 18.3 Å². The fourth-order valence-electron chi connectivity index (χ4n) is 3.18. The third kappa shape index (κ3) is 4.42. The summed E-state index contributed by atoms with van der Waals surface area (Å²) in [7, 11) is 0. The zero-order valence-corrected chi connectivity index (χ0v) is 17.9. The normalized spacial score (nSPS) is 12.4. The number of aromatic nitrogens is 3. The second-order valence-corrected chi connectivity index (χ2v) is 7.71. The van der Waals surface area contributed by atoms with Gasteiger partial charge in [0.15, 0.2) is 11.5 Å². The number of nitrogens with two attached hydrogens (primary N) is 1. The van der Waals surface area contributed by atoms with Crippen molar-refractivity contribution in [1.82, 2.24) is 14.8 Å². The average molecular weight is 495 g/mol. The van der Waals surface area contributed by atoms with Gasteiger partial charge >= 0.3 is 6.18 Å². The van der Waals surface area contributed by atoms with Crippen molar-refractivity contribution in [3.05, 3.63) is 81.7 Å². The summed E-state index contributed by atoms with van der Waals surface area (Å²) in [6.07, 6.45) is -2.10. The monoisotopic (exact) mass is 494 g/mol. The van der Waals surface area contributed by atoms with Gasteiger partial charge in [0.05, 0.1) is 16.3 Å². The van der Waals surface area contributed by atoms with E-state index in [2.05, 4.69) is 10.1 Å². The predicted molar refractivity (Wildman–Crippen MR) is 118 cm³/mol. The van der Waals surface area contributed by atoms with Gasteiger partial charge < -0.3 is 5.73 Å². The SMILES string of the molecule is NC(=O)C(F)=Cc1cc(-n2nc(-c3ccc(C(F)(F)F)cc3)c3cccnc32)c(Cl)cc1Cl. The number of hydrogen-bond donors (Lipinski definition) is 1. The molecule has 2 aromatic carbocycles. The summed E-state index contributed by atoms with van der Waals surface area (Å²) >= 11 is 12.5. The lowest BCUT2D eigenvalue weighted by atomic mass is 10.1. The molecule has 1 amide bonds. The van der Waals surface area contributed by atoms with Crippen LogP contribution in [-0.4, -0.2) is 20.7 Å². The van der Waals surface area contributed by atoms with Gasteiger partial charge in [0.25, 0.3) is 5.91 Å². The Balaban J connectivity index is 1.90. The summed E-state index contributed by atoms with van der Waals surface area (Å²) in [4.78, 5) is 15.4. The van der Waals surface area contributed by atoms with Gasteiger partial charge in [0.1, 0.15) is 5.69 Å². The van der Waals surface area contributed by atoms with Crippen molar-refractivity contribution in [1.29, 1.82) is 0 Å². The van der Waals surface area contributed by atoms with Crippen molar-refractivity contribution in [2.24, 2.45) is 5.73 Å². The summed E-state index contributed by atoms with van der Waals surface area (Å²) in [5, 5.41) is 5.26. The molecule has 0 atom stereocenters. The molecule has 168 valence electrons. The third-order valence-corrected chi connectivity index (χ3v) is 5.37. The zero-order chi connectivity index (χ0) is 23.9. The first-order valence-electron chi connectivity index (χ1n) is 9.24. The minimum absolute atomic E-state index is 0.0625. The van der Waals surface area contributed by atoms with Crippen LogP contribution >= 0.6 is 23.2 Å². The number of hydrogen-bond acceptors (Lipinski definition) is 3. The number of fused-ring (bicyclic) bond motifs is 1. The maximum Gasteiger partial charge on any atom is 0.416 e. The molecule has 33 heavy (non-hydrogen) atoms. The van der Waals surface area contributed by atoms with Gasteiger partial charge in [-0.25, -0.2) is 14.1 Å². The van der Waals surface area contributed by atoms with Crippen molar-refractivity contribution in [3.8, 4) is 16.9 Å². The molecule has 0 spiro atoms. The van der Waals surface area contributed by atoms with E-state index in [1.165, 1.54) is 35.1 Å². The zero-order valence-electron chi connectivity index (χ0n) is 16.4. The van der Waals surface area contributed by atoms with Crippen LogP contribution in [0.15, 0.2) is 60.6 Å². The maximum atomic E-state index is 13.8. The highest BCUT2D eigenvalue weighted by atomic mass is 35.5. The lowest BCUT2D eigenvalue weighted by molar-refractivity contribution is -0.137. The fourth-order valence-corrected chi connectivity index (χ4v) is 3.70. The van der Waals surface area contributed by atoms with Gasteiger partial charge in [-0.05, 0) is 48.0 Å². The summed E-state index contributed by atoms with van der Waals surface area (Å²) < 4.78 is 54.0. The summed E-state index contributed by atoms with van der Waals surface area (Å²) in [5.74, 6) is -2.47. The Labute approximate surface area is 194 Å². The number of amides is 1. The van der Waals surface area contributed by atoms with E-state index in [4.69, 9.17) is 28.9 Å². The maximum absolute atomic E-state index is 13.8. The Hall–Kier alpha value is -3.43. The van der Waals surface area contributed by atoms with E-state index in [1.807, 2.05) is 0 Å². The van der Waals surface area contributed by atoms with E-state index < -0.39 is 23.5 Å². The second-order valence-electron chi connectivity index (χ2n) is 6.89. The van der Waals surface area contributed by atoms with Crippen molar-refractivity contribution >= 4 is 46.2 Å². The Morgan fingerprint density at radius 3 is 2.39 bits per heavy atom. The minimum Gasteiger partial charge on any atom is -0.364 e. The molecule has 2 N–H and O–H groups in total. The van der Waals surface area contributed by atoms with Gasteiger partial charge in [-0.3, -0.25) is 4.79 Å². The molecule has 0 bridgehead atoms. The molecule has 4 aromatic rings. The number of carbonyl (C=O) groups excluding carboxylic acids is 1. The highest BCUT2D eigenvalue weighted by molar-refractivity contribution is 6.36. The highest BCUT2D eigenvalue weighted by Crippen LogP contribution is 2.35. The molecule has 0 radical (unpaired) electrons. The van der Waals surface area contributed by atoms with Crippen LogP contribution in [0.3, 0.4) is 0 Å². The number of nitrogens with zero attached hydrogens (tertiary/aromatic N) is 3. The molecule has 4 rings (SSSR count). The van der Waals surface area contributed by atoms with Crippen LogP contribution in [0.1, 0.15) is 11.1 Å². The summed E-state index contributed by atoms with van der Waals surface area (Å²) in [6.45, 7) is 0. The lowest BCUT2D eigenvalue weighted by Crippen LogP contribution is -2.10. The Morgan fingerprint density at radius 1 is 1.06 bits per heavy atom. The van der Waals surface area contributed by atoms with Crippen LogP contribution in [0.5, 0.6) is 0 Å². The van der Waals surface area contributed by atoms with E-state index in [-0.39, 0.29) is 21.3 Å². The van der Waals surface area contributed by atoms with Crippen LogP contribution in [0.4, 0.5) is 17.6 Å². The molecule has 2 aromatic heterocycles. The van der Waals surface area contributed by atoms with Crippen LogP contribution in [0, 0.1) is 0 Å². The van der Waals surface area contributed by atoms with Crippen molar-refractivity contribution in [2.45, 2.75) is 6.18 Å². The Kier molecular flexibility index (Phi) is 5.85. The van der Waals surface area contributed by atoms with Crippen LogP contribution in [-0.2, 0) is 11.0 Å². The Morgan fingerprint density at radius 2 is 1.76 bits per heavy atom. The minimum atomic E-state index is -4.47. The molecular weight excluding hydrogens is 483 g/mol. The molecule has 0 aliphatic rings. The molecule has 0 saturated heterocycles. The molecular formula is C22H12Cl2F4N4O. The fraction of sp³-hybridized carbons (Fsp3) is 0.0455. The van der Waals surface area contributed by atoms with E-state index in [1.54, 1.807) is 12.1 Å².